The maximum atomic E-state index is 13.4. The zero-order chi connectivity index (χ0) is 25.0. The van der Waals surface area contributed by atoms with Crippen LogP contribution in [-0.2, 0) is 20.6 Å². The van der Waals surface area contributed by atoms with Crippen LogP contribution in [0.2, 0.25) is 0 Å². The highest BCUT2D eigenvalue weighted by atomic mass is 32.2. The lowest BCUT2D eigenvalue weighted by Crippen LogP contribution is -2.51. The minimum atomic E-state index is -3.76. The molecule has 0 bridgehead atoms. The van der Waals surface area contributed by atoms with Gasteiger partial charge in [-0.3, -0.25) is 9.10 Å². The molecule has 2 atom stereocenters. The number of hydrogen-bond donors (Lipinski definition) is 1. The predicted octanol–water partition coefficient (Wildman–Crippen LogP) is 4.37. The van der Waals surface area contributed by atoms with Crippen LogP contribution in [0.4, 0.5) is 5.69 Å². The Balaban J connectivity index is 1.57. The van der Waals surface area contributed by atoms with Crippen LogP contribution in [0.1, 0.15) is 36.1 Å². The SMILES string of the molecule is CC[C@H](NC(=O)[C@@H]1CN(S(=O)(=O)Cc2ccccc2)c2ccccc2O1)c1ccc(OC)c(C)c1. The number of carbonyl (C=O) groups is 1. The third-order valence-corrected chi connectivity index (χ3v) is 7.82. The molecule has 0 fully saturated rings. The number of fused-ring (bicyclic) bond motifs is 1. The predicted molar refractivity (Wildman–Crippen MR) is 136 cm³/mol. The molecular formula is C27H30N2O5S. The lowest BCUT2D eigenvalue weighted by molar-refractivity contribution is -0.128. The largest absolute Gasteiger partial charge is 0.496 e. The molecule has 1 amide bonds. The second-order valence-corrected chi connectivity index (χ2v) is 10.4. The fourth-order valence-electron chi connectivity index (χ4n) is 4.27. The van der Waals surface area contributed by atoms with E-state index < -0.39 is 16.1 Å². The number of aryl methyl sites for hydroxylation is 1. The van der Waals surface area contributed by atoms with Crippen molar-refractivity contribution in [1.82, 2.24) is 5.32 Å². The number of benzene rings is 3. The summed E-state index contributed by atoms with van der Waals surface area (Å²) in [5.41, 5.74) is 3.03. The van der Waals surface area contributed by atoms with Gasteiger partial charge in [0.15, 0.2) is 6.10 Å². The van der Waals surface area contributed by atoms with Crippen LogP contribution in [0, 0.1) is 6.92 Å². The maximum Gasteiger partial charge on any atom is 0.263 e. The minimum absolute atomic E-state index is 0.101. The van der Waals surface area contributed by atoms with E-state index in [4.69, 9.17) is 9.47 Å². The standard InChI is InChI=1S/C27H30N2O5S/c1-4-22(21-14-15-24(33-3)19(2)16-21)28-27(30)26-17-29(23-12-8-9-13-25(23)34-26)35(31,32)18-20-10-6-5-7-11-20/h5-16,22,26H,4,17-18H2,1-3H3,(H,28,30)/t22-,26-/m0/s1. The van der Waals surface area contributed by atoms with Crippen molar-refractivity contribution in [2.24, 2.45) is 0 Å². The average molecular weight is 495 g/mol. The molecule has 0 saturated carbocycles. The molecule has 4 rings (SSSR count). The van der Waals surface area contributed by atoms with E-state index in [-0.39, 0.29) is 24.2 Å². The number of para-hydroxylation sites is 2. The molecule has 1 aliphatic heterocycles. The number of anilines is 1. The first-order valence-electron chi connectivity index (χ1n) is 11.6. The summed E-state index contributed by atoms with van der Waals surface area (Å²) in [6.07, 6.45) is -0.319. The van der Waals surface area contributed by atoms with E-state index in [0.717, 1.165) is 16.9 Å². The molecular weight excluding hydrogens is 464 g/mol. The summed E-state index contributed by atoms with van der Waals surface area (Å²) in [7, 11) is -2.13. The molecule has 0 unspecified atom stereocenters. The number of sulfonamides is 1. The molecule has 3 aromatic rings. The summed E-state index contributed by atoms with van der Waals surface area (Å²) in [5.74, 6) is 0.615. The molecule has 0 radical (unpaired) electrons. The van der Waals surface area contributed by atoms with E-state index in [1.165, 1.54) is 4.31 Å². The van der Waals surface area contributed by atoms with Gasteiger partial charge in [-0.1, -0.05) is 61.5 Å². The molecule has 8 heteroatoms. The van der Waals surface area contributed by atoms with Crippen LogP contribution in [0.3, 0.4) is 0 Å². The summed E-state index contributed by atoms with van der Waals surface area (Å²) in [6.45, 7) is 3.84. The molecule has 7 nitrogen and oxygen atoms in total. The monoisotopic (exact) mass is 494 g/mol. The second-order valence-electron chi connectivity index (χ2n) is 8.55. The fourth-order valence-corrected chi connectivity index (χ4v) is 5.85. The first-order chi connectivity index (χ1) is 16.8. The fraction of sp³-hybridized carbons (Fsp3) is 0.296. The van der Waals surface area contributed by atoms with E-state index in [9.17, 15) is 13.2 Å². The number of carbonyl (C=O) groups excluding carboxylic acids is 1. The summed E-state index contributed by atoms with van der Waals surface area (Å²) < 4.78 is 39.4. The van der Waals surface area contributed by atoms with Crippen molar-refractivity contribution in [3.63, 3.8) is 0 Å². The Hall–Kier alpha value is -3.52. The second kappa shape index (κ2) is 10.4. The average Bonchev–Trinajstić information content (AvgIpc) is 2.86. The van der Waals surface area contributed by atoms with Crippen LogP contribution in [0.25, 0.3) is 0 Å². The number of methoxy groups -OCH3 is 1. The Morgan fingerprint density at radius 3 is 2.51 bits per heavy atom. The molecule has 0 spiro atoms. The molecule has 0 aromatic heterocycles. The third kappa shape index (κ3) is 5.43. The first kappa shape index (κ1) is 24.6. The van der Waals surface area contributed by atoms with E-state index in [0.29, 0.717) is 23.4 Å². The van der Waals surface area contributed by atoms with Gasteiger partial charge in [-0.15, -0.1) is 0 Å². The number of nitrogens with zero attached hydrogens (tertiary/aromatic N) is 1. The Labute approximate surface area is 206 Å². The van der Waals surface area contributed by atoms with Crippen LogP contribution in [0.15, 0.2) is 72.8 Å². The molecule has 1 N–H and O–H groups in total. The molecule has 0 saturated heterocycles. The zero-order valence-electron chi connectivity index (χ0n) is 20.1. The van der Waals surface area contributed by atoms with Gasteiger partial charge < -0.3 is 14.8 Å². The van der Waals surface area contributed by atoms with Crippen LogP contribution < -0.4 is 19.1 Å². The lowest BCUT2D eigenvalue weighted by Gasteiger charge is -2.35. The van der Waals surface area contributed by atoms with Gasteiger partial charge in [-0.2, -0.15) is 0 Å². The summed E-state index contributed by atoms with van der Waals surface area (Å²) >= 11 is 0. The van der Waals surface area contributed by atoms with Gasteiger partial charge in [0.25, 0.3) is 5.91 Å². The van der Waals surface area contributed by atoms with E-state index >= 15 is 0 Å². The van der Waals surface area contributed by atoms with Gasteiger partial charge in [0.05, 0.1) is 31.1 Å². The Morgan fingerprint density at radius 2 is 1.83 bits per heavy atom. The van der Waals surface area contributed by atoms with Crippen molar-refractivity contribution < 1.29 is 22.7 Å². The van der Waals surface area contributed by atoms with Gasteiger partial charge in [-0.25, -0.2) is 8.42 Å². The smallest absolute Gasteiger partial charge is 0.263 e. The summed E-state index contributed by atoms with van der Waals surface area (Å²) in [4.78, 5) is 13.3. The van der Waals surface area contributed by atoms with Gasteiger partial charge >= 0.3 is 0 Å². The van der Waals surface area contributed by atoms with E-state index in [1.54, 1.807) is 55.6 Å². The Morgan fingerprint density at radius 1 is 1.11 bits per heavy atom. The number of hydrogen-bond acceptors (Lipinski definition) is 5. The van der Waals surface area contributed by atoms with Crippen molar-refractivity contribution in [3.8, 4) is 11.5 Å². The van der Waals surface area contributed by atoms with Crippen molar-refractivity contribution >= 4 is 21.6 Å². The lowest BCUT2D eigenvalue weighted by atomic mass is 10.0. The molecule has 1 aliphatic rings. The molecule has 0 aliphatic carbocycles. The van der Waals surface area contributed by atoms with Crippen molar-refractivity contribution in [2.45, 2.75) is 38.2 Å². The first-order valence-corrected chi connectivity index (χ1v) is 13.2. The normalized spacial score (nSPS) is 16.1. The quantitative estimate of drug-likeness (QED) is 0.503. The highest BCUT2D eigenvalue weighted by Gasteiger charge is 2.37. The summed E-state index contributed by atoms with van der Waals surface area (Å²) in [5, 5.41) is 3.04. The molecule has 1 heterocycles. The van der Waals surface area contributed by atoms with E-state index in [2.05, 4.69) is 5.32 Å². The van der Waals surface area contributed by atoms with Gasteiger partial charge in [0.1, 0.15) is 11.5 Å². The topological polar surface area (TPSA) is 84.9 Å². The van der Waals surface area contributed by atoms with Crippen LogP contribution in [-0.4, -0.2) is 34.1 Å². The molecule has 35 heavy (non-hydrogen) atoms. The van der Waals surface area contributed by atoms with Gasteiger partial charge in [0.2, 0.25) is 10.0 Å². The van der Waals surface area contributed by atoms with Crippen LogP contribution >= 0.6 is 0 Å². The van der Waals surface area contributed by atoms with E-state index in [1.807, 2.05) is 38.1 Å². The van der Waals surface area contributed by atoms with Gasteiger partial charge in [-0.05, 0) is 48.2 Å². The highest BCUT2D eigenvalue weighted by molar-refractivity contribution is 7.92. The van der Waals surface area contributed by atoms with Crippen LogP contribution in [0.5, 0.6) is 11.5 Å². The van der Waals surface area contributed by atoms with Crippen molar-refractivity contribution in [3.05, 3.63) is 89.5 Å². The third-order valence-electron chi connectivity index (χ3n) is 6.10. The Bertz CT molecular complexity index is 1290. The number of rotatable bonds is 8. The molecule has 184 valence electrons. The van der Waals surface area contributed by atoms with Crippen molar-refractivity contribution in [1.29, 1.82) is 0 Å². The highest BCUT2D eigenvalue weighted by Crippen LogP contribution is 2.36. The number of ether oxygens (including phenoxy) is 2. The van der Waals surface area contributed by atoms with Gasteiger partial charge in [0, 0.05) is 0 Å². The zero-order valence-corrected chi connectivity index (χ0v) is 20.9. The maximum absolute atomic E-state index is 13.4. The summed E-state index contributed by atoms with van der Waals surface area (Å²) in [6, 6.07) is 21.4. The molecule has 3 aromatic carbocycles. The van der Waals surface area contributed by atoms with Crippen molar-refractivity contribution in [2.75, 3.05) is 18.0 Å². The number of nitrogens with one attached hydrogen (secondary N) is 1. The Kier molecular flexibility index (Phi) is 7.31. The number of amides is 1. The minimum Gasteiger partial charge on any atom is -0.496 e.